The van der Waals surface area contributed by atoms with Crippen LogP contribution in [0.4, 0.5) is 24.5 Å². The van der Waals surface area contributed by atoms with Gasteiger partial charge in [0.15, 0.2) is 0 Å². The second-order valence-electron chi connectivity index (χ2n) is 5.97. The second kappa shape index (κ2) is 7.52. The van der Waals surface area contributed by atoms with E-state index in [1.165, 1.54) is 44.2 Å². The van der Waals surface area contributed by atoms with E-state index in [9.17, 15) is 26.4 Å². The molecule has 29 heavy (non-hydrogen) atoms. The van der Waals surface area contributed by atoms with Gasteiger partial charge < -0.3 is 9.84 Å². The molecule has 0 aliphatic carbocycles. The molecular weight excluding hydrogens is 431 g/mol. The Morgan fingerprint density at radius 3 is 2.31 bits per heavy atom. The Bertz CT molecular complexity index is 1150. The Hall–Kier alpha value is -2.86. The second-order valence-corrected chi connectivity index (χ2v) is 8.88. The number of hydrogen-bond donors (Lipinski definition) is 2. The molecule has 0 atom stereocenters. The van der Waals surface area contributed by atoms with Gasteiger partial charge in [-0.15, -0.1) is 11.3 Å². The van der Waals surface area contributed by atoms with Crippen LogP contribution in [-0.4, -0.2) is 19.5 Å². The summed E-state index contributed by atoms with van der Waals surface area (Å²) in [5.41, 5.74) is 0.652. The molecule has 3 aromatic rings. The fourth-order valence-corrected chi connectivity index (χ4v) is 5.02. The Labute approximate surface area is 167 Å². The van der Waals surface area contributed by atoms with Crippen molar-refractivity contribution in [1.29, 1.82) is 0 Å². The third-order valence-electron chi connectivity index (χ3n) is 3.66. The molecule has 7 nitrogen and oxygen atoms in total. The van der Waals surface area contributed by atoms with Crippen LogP contribution in [-0.2, 0) is 21.0 Å². The minimum absolute atomic E-state index is 0.0833. The van der Waals surface area contributed by atoms with E-state index in [2.05, 4.69) is 19.7 Å². The van der Waals surface area contributed by atoms with Crippen LogP contribution in [0.25, 0.3) is 10.6 Å². The molecule has 1 aromatic carbocycles. The number of amides is 1. The quantitative estimate of drug-likeness (QED) is 0.603. The standard InChI is InChI=1S/C17H14F3N3O4S2/c1-9-15(8-14(28-9)13-7-16(27-22-13)17(18,19)20)29(25,26)23-12-5-3-11(4-6-12)21-10(2)24/h3-8,23H,1-2H3,(H,21,24). The number of hydrogen-bond acceptors (Lipinski definition) is 6. The molecule has 1 amide bonds. The third-order valence-corrected chi connectivity index (χ3v) is 6.37. The van der Waals surface area contributed by atoms with Crippen molar-refractivity contribution < 1.29 is 30.9 Å². The number of alkyl halides is 3. The molecule has 0 spiro atoms. The third kappa shape index (κ3) is 4.77. The van der Waals surface area contributed by atoms with Gasteiger partial charge in [-0.1, -0.05) is 5.16 Å². The maximum absolute atomic E-state index is 12.7. The molecule has 0 aliphatic heterocycles. The Morgan fingerprint density at radius 1 is 1.14 bits per heavy atom. The first kappa shape index (κ1) is 20.9. The molecule has 0 aliphatic rings. The van der Waals surface area contributed by atoms with Crippen molar-refractivity contribution in [2.24, 2.45) is 0 Å². The SMILES string of the molecule is CC(=O)Nc1ccc(NS(=O)(=O)c2cc(-c3cc(C(F)(F)F)on3)sc2C)cc1. The highest BCUT2D eigenvalue weighted by atomic mass is 32.2. The Balaban J connectivity index is 1.84. The van der Waals surface area contributed by atoms with Gasteiger partial charge in [0.2, 0.25) is 11.7 Å². The van der Waals surface area contributed by atoms with Crippen molar-refractivity contribution in [3.8, 4) is 10.6 Å². The zero-order chi connectivity index (χ0) is 21.4. The summed E-state index contributed by atoms with van der Waals surface area (Å²) >= 11 is 0.982. The molecule has 0 fully saturated rings. The molecule has 154 valence electrons. The summed E-state index contributed by atoms with van der Waals surface area (Å²) in [5, 5.41) is 5.93. The molecule has 12 heteroatoms. The van der Waals surface area contributed by atoms with Crippen molar-refractivity contribution in [3.63, 3.8) is 0 Å². The number of anilines is 2. The summed E-state index contributed by atoms with van der Waals surface area (Å²) in [6, 6.07) is 7.96. The van der Waals surface area contributed by atoms with E-state index in [4.69, 9.17) is 0 Å². The maximum Gasteiger partial charge on any atom is 0.452 e. The lowest BCUT2D eigenvalue weighted by Crippen LogP contribution is -2.13. The van der Waals surface area contributed by atoms with E-state index in [-0.39, 0.29) is 27.1 Å². The highest BCUT2D eigenvalue weighted by Crippen LogP contribution is 2.37. The molecule has 0 saturated heterocycles. The Kier molecular flexibility index (Phi) is 5.41. The lowest BCUT2D eigenvalue weighted by molar-refractivity contribution is -0.155. The van der Waals surface area contributed by atoms with Gasteiger partial charge in [-0.25, -0.2) is 8.42 Å². The van der Waals surface area contributed by atoms with Crippen LogP contribution in [0.1, 0.15) is 17.6 Å². The van der Waals surface area contributed by atoms with Crippen LogP contribution in [0.2, 0.25) is 0 Å². The van der Waals surface area contributed by atoms with E-state index in [1.807, 2.05) is 0 Å². The lowest BCUT2D eigenvalue weighted by atomic mass is 10.3. The minimum Gasteiger partial charge on any atom is -0.351 e. The molecule has 0 saturated carbocycles. The van der Waals surface area contributed by atoms with Gasteiger partial charge in [-0.2, -0.15) is 13.2 Å². The minimum atomic E-state index is -4.68. The highest BCUT2D eigenvalue weighted by molar-refractivity contribution is 7.93. The number of sulfonamides is 1. The summed E-state index contributed by atoms with van der Waals surface area (Å²) in [6.45, 7) is 2.88. The lowest BCUT2D eigenvalue weighted by Gasteiger charge is -2.08. The Morgan fingerprint density at radius 2 is 1.76 bits per heavy atom. The number of nitrogens with zero attached hydrogens (tertiary/aromatic N) is 1. The largest absolute Gasteiger partial charge is 0.452 e. The van der Waals surface area contributed by atoms with E-state index in [0.29, 0.717) is 10.6 Å². The van der Waals surface area contributed by atoms with Gasteiger partial charge in [0.1, 0.15) is 10.6 Å². The summed E-state index contributed by atoms with van der Waals surface area (Å²) in [5.74, 6) is -1.53. The first-order valence-electron chi connectivity index (χ1n) is 8.01. The first-order valence-corrected chi connectivity index (χ1v) is 10.3. The van der Waals surface area contributed by atoms with Gasteiger partial charge in [0.05, 0.1) is 4.88 Å². The average molecular weight is 445 g/mol. The van der Waals surface area contributed by atoms with E-state index in [0.717, 1.165) is 17.4 Å². The van der Waals surface area contributed by atoms with Gasteiger partial charge >= 0.3 is 6.18 Å². The summed E-state index contributed by atoms with van der Waals surface area (Å²) < 4.78 is 70.1. The van der Waals surface area contributed by atoms with Crippen molar-refractivity contribution >= 4 is 38.6 Å². The predicted octanol–water partition coefficient (Wildman–Crippen LogP) is 4.49. The van der Waals surface area contributed by atoms with Crippen LogP contribution in [0.3, 0.4) is 0 Å². The molecule has 0 radical (unpaired) electrons. The van der Waals surface area contributed by atoms with Crippen LogP contribution in [0.5, 0.6) is 0 Å². The van der Waals surface area contributed by atoms with Gasteiger partial charge in [-0.3, -0.25) is 9.52 Å². The monoisotopic (exact) mass is 445 g/mol. The van der Waals surface area contributed by atoms with Crippen molar-refractivity contribution in [3.05, 3.63) is 47.0 Å². The van der Waals surface area contributed by atoms with E-state index >= 15 is 0 Å². The number of halogens is 3. The molecule has 0 unspecified atom stereocenters. The number of carbonyl (C=O) groups excluding carboxylic acids is 1. The first-order chi connectivity index (χ1) is 13.5. The highest BCUT2D eigenvalue weighted by Gasteiger charge is 2.36. The number of nitrogens with one attached hydrogen (secondary N) is 2. The van der Waals surface area contributed by atoms with Gasteiger partial charge in [0, 0.05) is 29.2 Å². The number of aromatic nitrogens is 1. The van der Waals surface area contributed by atoms with Crippen LogP contribution in [0, 0.1) is 6.92 Å². The predicted molar refractivity (Wildman–Crippen MR) is 101 cm³/mol. The summed E-state index contributed by atoms with van der Waals surface area (Å²) in [6.07, 6.45) is -4.68. The molecule has 2 N–H and O–H groups in total. The average Bonchev–Trinajstić information content (AvgIpc) is 3.22. The van der Waals surface area contributed by atoms with Crippen molar-refractivity contribution in [1.82, 2.24) is 5.16 Å². The zero-order valence-electron chi connectivity index (χ0n) is 15.0. The van der Waals surface area contributed by atoms with Crippen LogP contribution in [0.15, 0.2) is 45.8 Å². The van der Waals surface area contributed by atoms with E-state index < -0.39 is 22.0 Å². The topological polar surface area (TPSA) is 101 Å². The summed E-state index contributed by atoms with van der Waals surface area (Å²) in [7, 11) is -4.00. The van der Waals surface area contributed by atoms with Crippen LogP contribution < -0.4 is 10.0 Å². The maximum atomic E-state index is 12.7. The fourth-order valence-electron chi connectivity index (χ4n) is 2.42. The van der Waals surface area contributed by atoms with Crippen molar-refractivity contribution in [2.75, 3.05) is 10.0 Å². The number of carbonyl (C=O) groups is 1. The van der Waals surface area contributed by atoms with E-state index in [1.54, 1.807) is 0 Å². The summed E-state index contributed by atoms with van der Waals surface area (Å²) in [4.78, 5) is 11.5. The number of rotatable bonds is 5. The normalized spacial score (nSPS) is 12.0. The number of thiophene rings is 1. The number of aryl methyl sites for hydroxylation is 1. The number of benzene rings is 1. The molecule has 0 bridgehead atoms. The van der Waals surface area contributed by atoms with Crippen molar-refractivity contribution in [2.45, 2.75) is 24.9 Å². The zero-order valence-corrected chi connectivity index (χ0v) is 16.6. The fraction of sp³-hybridized carbons (Fsp3) is 0.176. The smallest absolute Gasteiger partial charge is 0.351 e. The molecule has 2 heterocycles. The van der Waals surface area contributed by atoms with Gasteiger partial charge in [-0.05, 0) is 37.3 Å². The van der Waals surface area contributed by atoms with Crippen LogP contribution >= 0.6 is 11.3 Å². The molecule has 2 aromatic heterocycles. The molecular formula is C17H14F3N3O4S2. The van der Waals surface area contributed by atoms with Gasteiger partial charge in [0.25, 0.3) is 10.0 Å². The molecule has 3 rings (SSSR count).